The highest BCUT2D eigenvalue weighted by Gasteiger charge is 2.11. The van der Waals surface area contributed by atoms with E-state index < -0.39 is 10.1 Å². The van der Waals surface area contributed by atoms with Gasteiger partial charge in [0.1, 0.15) is 0 Å². The minimum absolute atomic E-state index is 0.190. The fraction of sp³-hybridized carbons (Fsp3) is 0.647. The maximum Gasteiger partial charge on any atom is 0.296 e. The van der Waals surface area contributed by atoms with Gasteiger partial charge in [-0.2, -0.15) is 8.42 Å². The number of para-hydroxylation sites is 1. The van der Waals surface area contributed by atoms with Gasteiger partial charge >= 0.3 is 0 Å². The average molecular weight is 560 g/mol. The molecule has 0 radical (unpaired) electrons. The van der Waals surface area contributed by atoms with Gasteiger partial charge in [0.25, 0.3) is 10.1 Å². The Morgan fingerprint density at radius 2 is 1.08 bits per heavy atom. The lowest BCUT2D eigenvalue weighted by Gasteiger charge is -2.17. The minimum atomic E-state index is -3.51. The van der Waals surface area contributed by atoms with Crippen LogP contribution in [-0.4, -0.2) is 29.6 Å². The Balaban J connectivity index is 0.000000525. The number of hydrogen-bond donors (Lipinski definition) is 0. The molecule has 0 aliphatic heterocycles. The summed E-state index contributed by atoms with van der Waals surface area (Å²) in [4.78, 5) is 2.43. The van der Waals surface area contributed by atoms with Crippen LogP contribution >= 0.6 is 0 Å². The summed E-state index contributed by atoms with van der Waals surface area (Å²) in [6.07, 6.45) is 24.3. The van der Waals surface area contributed by atoms with E-state index >= 15 is 0 Å². The zero-order valence-corrected chi connectivity index (χ0v) is 26.5. The third kappa shape index (κ3) is 16.8. The molecule has 0 saturated heterocycles. The molecule has 0 heterocycles. The van der Waals surface area contributed by atoms with Gasteiger partial charge in [0.05, 0.1) is 12.0 Å². The number of nitrogens with zero attached hydrogens (tertiary/aromatic N) is 1. The van der Waals surface area contributed by atoms with E-state index in [1.807, 2.05) is 6.92 Å². The Labute approximate surface area is 241 Å². The highest BCUT2D eigenvalue weighted by molar-refractivity contribution is 7.86. The summed E-state index contributed by atoms with van der Waals surface area (Å²) in [7, 11) is 1.92. The predicted octanol–water partition coefficient (Wildman–Crippen LogP) is 9.89. The molecule has 39 heavy (non-hydrogen) atoms. The highest BCUT2D eigenvalue weighted by atomic mass is 32.2. The van der Waals surface area contributed by atoms with E-state index in [1.165, 1.54) is 133 Å². The zero-order valence-electron chi connectivity index (χ0n) is 25.7. The molecule has 0 spiro atoms. The summed E-state index contributed by atoms with van der Waals surface area (Å²) in [6, 6.07) is 15.4. The Kier molecular flexibility index (Phi) is 19.8. The molecule has 0 aliphatic carbocycles. The monoisotopic (exact) mass is 559 g/mol. The molecular weight excluding hydrogens is 502 g/mol. The molecule has 0 saturated carbocycles. The lowest BCUT2D eigenvalue weighted by atomic mass is 10.0. The molecule has 0 atom stereocenters. The van der Waals surface area contributed by atoms with Gasteiger partial charge in [0, 0.05) is 19.8 Å². The molecule has 0 aromatic heterocycles. The van der Waals surface area contributed by atoms with Crippen LogP contribution in [0.2, 0.25) is 0 Å². The van der Waals surface area contributed by atoms with Gasteiger partial charge in [-0.3, -0.25) is 4.18 Å². The maximum absolute atomic E-state index is 11.1. The van der Waals surface area contributed by atoms with Crippen LogP contribution in [0.4, 0.5) is 5.69 Å². The first-order chi connectivity index (χ1) is 18.8. The van der Waals surface area contributed by atoms with E-state index in [2.05, 4.69) is 54.4 Å². The summed E-state index contributed by atoms with van der Waals surface area (Å²) in [5, 5.41) is 0. The van der Waals surface area contributed by atoms with Gasteiger partial charge in [-0.1, -0.05) is 139 Å². The quantitative estimate of drug-likeness (QED) is 0.120. The van der Waals surface area contributed by atoms with Crippen LogP contribution in [-0.2, 0) is 20.7 Å². The SMILES string of the molecule is CCCCCCCCCCCCCCCCCCc1ccccc1N(C)C.COS(=O)(=O)c1ccc(C)cc1. The van der Waals surface area contributed by atoms with Crippen molar-refractivity contribution in [1.29, 1.82) is 0 Å². The van der Waals surface area contributed by atoms with Crippen LogP contribution in [0.5, 0.6) is 0 Å². The van der Waals surface area contributed by atoms with Gasteiger partial charge in [-0.25, -0.2) is 0 Å². The first-order valence-electron chi connectivity index (χ1n) is 15.4. The molecule has 2 rings (SSSR count). The summed E-state index contributed by atoms with van der Waals surface area (Å²) < 4.78 is 26.5. The van der Waals surface area contributed by atoms with Gasteiger partial charge in [-0.05, 0) is 43.5 Å². The molecular formula is C34H57NO3S. The smallest absolute Gasteiger partial charge is 0.296 e. The van der Waals surface area contributed by atoms with E-state index in [9.17, 15) is 8.42 Å². The minimum Gasteiger partial charge on any atom is -0.377 e. The largest absolute Gasteiger partial charge is 0.377 e. The van der Waals surface area contributed by atoms with E-state index in [0.29, 0.717) is 0 Å². The molecule has 0 unspecified atom stereocenters. The van der Waals surface area contributed by atoms with E-state index in [4.69, 9.17) is 0 Å². The molecule has 0 N–H and O–H groups in total. The van der Waals surface area contributed by atoms with E-state index in [1.54, 1.807) is 12.1 Å². The van der Waals surface area contributed by atoms with Crippen LogP contribution in [0, 0.1) is 6.92 Å². The van der Waals surface area contributed by atoms with Crippen molar-refractivity contribution in [3.63, 3.8) is 0 Å². The Bertz CT molecular complexity index is 955. The van der Waals surface area contributed by atoms with Gasteiger partial charge in [-0.15, -0.1) is 0 Å². The van der Waals surface area contributed by atoms with Crippen LogP contribution in [0.3, 0.4) is 0 Å². The van der Waals surface area contributed by atoms with Crippen molar-refractivity contribution in [2.45, 2.75) is 128 Å². The number of unbranched alkanes of at least 4 members (excludes halogenated alkanes) is 15. The van der Waals surface area contributed by atoms with Crippen LogP contribution < -0.4 is 4.90 Å². The maximum atomic E-state index is 11.1. The highest BCUT2D eigenvalue weighted by Crippen LogP contribution is 2.21. The van der Waals surface area contributed by atoms with Crippen molar-refractivity contribution in [2.24, 2.45) is 0 Å². The third-order valence-corrected chi connectivity index (χ3v) is 8.59. The van der Waals surface area contributed by atoms with Gasteiger partial charge < -0.3 is 4.90 Å². The van der Waals surface area contributed by atoms with E-state index in [0.717, 1.165) is 12.7 Å². The molecule has 0 amide bonds. The topological polar surface area (TPSA) is 46.6 Å². The fourth-order valence-corrected chi connectivity index (χ4v) is 5.49. The molecule has 222 valence electrons. The Morgan fingerprint density at radius 3 is 1.51 bits per heavy atom. The number of aryl methyl sites for hydroxylation is 2. The summed E-state index contributed by atoms with van der Waals surface area (Å²) in [5.74, 6) is 0. The second-order valence-corrected chi connectivity index (χ2v) is 12.7. The summed E-state index contributed by atoms with van der Waals surface area (Å²) in [6.45, 7) is 4.19. The van der Waals surface area contributed by atoms with E-state index in [-0.39, 0.29) is 4.90 Å². The lowest BCUT2D eigenvalue weighted by molar-refractivity contribution is 0.398. The molecule has 0 bridgehead atoms. The lowest BCUT2D eigenvalue weighted by Crippen LogP contribution is -2.11. The van der Waals surface area contributed by atoms with Crippen molar-refractivity contribution < 1.29 is 12.6 Å². The number of hydrogen-bond acceptors (Lipinski definition) is 4. The fourth-order valence-electron chi connectivity index (χ4n) is 4.82. The molecule has 4 nitrogen and oxygen atoms in total. The number of anilines is 1. The normalized spacial score (nSPS) is 11.2. The van der Waals surface area contributed by atoms with Gasteiger partial charge in [0.15, 0.2) is 0 Å². The number of rotatable bonds is 20. The van der Waals surface area contributed by atoms with Crippen LogP contribution in [0.25, 0.3) is 0 Å². The van der Waals surface area contributed by atoms with Crippen molar-refractivity contribution in [3.8, 4) is 0 Å². The summed E-state index contributed by atoms with van der Waals surface area (Å²) >= 11 is 0. The Hall–Kier alpha value is -1.85. The molecule has 2 aromatic rings. The van der Waals surface area contributed by atoms with Gasteiger partial charge in [0.2, 0.25) is 0 Å². The third-order valence-electron chi connectivity index (χ3n) is 7.30. The van der Waals surface area contributed by atoms with Crippen molar-refractivity contribution in [1.82, 2.24) is 0 Å². The average Bonchev–Trinajstić information content (AvgIpc) is 2.93. The molecule has 2 aromatic carbocycles. The zero-order chi connectivity index (χ0) is 28.8. The second kappa shape index (κ2) is 21.9. The second-order valence-electron chi connectivity index (χ2n) is 11.0. The molecule has 0 fully saturated rings. The van der Waals surface area contributed by atoms with Crippen LogP contribution in [0.1, 0.15) is 121 Å². The first-order valence-corrected chi connectivity index (χ1v) is 16.8. The number of benzene rings is 2. The molecule has 5 heteroatoms. The first kappa shape index (κ1) is 35.2. The standard InChI is InChI=1S/C26H47N.C8H10O3S/c1-4-5-6-7-8-9-10-11-12-13-14-15-16-17-18-19-22-25-23-20-21-24-26(25)27(2)3;1-7-3-5-8(6-4-7)12(9,10)11-2/h20-21,23-24H,4-19,22H2,1-3H3;3-6H,1-2H3. The van der Waals surface area contributed by atoms with Crippen LogP contribution in [0.15, 0.2) is 53.4 Å². The summed E-state index contributed by atoms with van der Waals surface area (Å²) in [5.41, 5.74) is 3.91. The molecule has 0 aliphatic rings. The Morgan fingerprint density at radius 1 is 0.641 bits per heavy atom. The van der Waals surface area contributed by atoms with Crippen molar-refractivity contribution >= 4 is 15.8 Å². The van der Waals surface area contributed by atoms with Crippen molar-refractivity contribution in [3.05, 3.63) is 59.7 Å². The van der Waals surface area contributed by atoms with Crippen molar-refractivity contribution in [2.75, 3.05) is 26.1 Å². The predicted molar refractivity (Wildman–Crippen MR) is 169 cm³/mol.